The van der Waals surface area contributed by atoms with Crippen LogP contribution in [-0.2, 0) is 0 Å². The van der Waals surface area contributed by atoms with E-state index in [-0.39, 0.29) is 17.3 Å². The van der Waals surface area contributed by atoms with Crippen molar-refractivity contribution in [2.75, 3.05) is 0 Å². The van der Waals surface area contributed by atoms with Crippen LogP contribution in [0.5, 0.6) is 11.5 Å². The first kappa shape index (κ1) is 14.9. The van der Waals surface area contributed by atoms with Crippen molar-refractivity contribution in [2.24, 2.45) is 5.73 Å². The van der Waals surface area contributed by atoms with E-state index in [2.05, 4.69) is 0 Å². The standard InChI is InChI=1S/C19H16N4O2/c20-18(21)17-16-14(4-3-5-15(16)25)23(12-6-8-13(24)9-7-12)19(17)22-10-1-2-11-22/h1-11,24-25H,(H3,20,21). The van der Waals surface area contributed by atoms with E-state index in [4.69, 9.17) is 11.1 Å². The third-order valence-electron chi connectivity index (χ3n) is 4.17. The largest absolute Gasteiger partial charge is 0.508 e. The van der Waals surface area contributed by atoms with Gasteiger partial charge in [-0.05, 0) is 48.5 Å². The zero-order valence-electron chi connectivity index (χ0n) is 13.2. The smallest absolute Gasteiger partial charge is 0.133 e. The van der Waals surface area contributed by atoms with E-state index < -0.39 is 0 Å². The molecule has 4 rings (SSSR count). The molecule has 6 heteroatoms. The van der Waals surface area contributed by atoms with Crippen molar-refractivity contribution in [2.45, 2.75) is 0 Å². The highest BCUT2D eigenvalue weighted by molar-refractivity contribution is 6.13. The number of rotatable bonds is 3. The van der Waals surface area contributed by atoms with E-state index in [0.717, 1.165) is 11.2 Å². The van der Waals surface area contributed by atoms with Crippen LogP contribution < -0.4 is 5.73 Å². The van der Waals surface area contributed by atoms with Gasteiger partial charge in [0.05, 0.1) is 16.5 Å². The van der Waals surface area contributed by atoms with E-state index in [9.17, 15) is 10.2 Å². The number of nitrogens with two attached hydrogens (primary N) is 1. The first-order valence-electron chi connectivity index (χ1n) is 7.71. The Morgan fingerprint density at radius 3 is 2.24 bits per heavy atom. The third-order valence-corrected chi connectivity index (χ3v) is 4.17. The number of aromatic nitrogens is 2. The van der Waals surface area contributed by atoms with Crippen LogP contribution in [0.2, 0.25) is 0 Å². The summed E-state index contributed by atoms with van der Waals surface area (Å²) in [6.45, 7) is 0. The molecule has 6 nitrogen and oxygen atoms in total. The fourth-order valence-corrected chi connectivity index (χ4v) is 3.15. The predicted octanol–water partition coefficient (Wildman–Crippen LogP) is 3.12. The van der Waals surface area contributed by atoms with Gasteiger partial charge in [0.15, 0.2) is 0 Å². The lowest BCUT2D eigenvalue weighted by atomic mass is 10.1. The molecule has 4 aromatic rings. The Balaban J connectivity index is 2.20. The molecule has 0 atom stereocenters. The van der Waals surface area contributed by atoms with Crippen LogP contribution in [-0.4, -0.2) is 25.2 Å². The second kappa shape index (κ2) is 5.45. The number of hydrogen-bond acceptors (Lipinski definition) is 3. The fraction of sp³-hybridized carbons (Fsp3) is 0. The van der Waals surface area contributed by atoms with Gasteiger partial charge in [-0.1, -0.05) is 6.07 Å². The molecule has 0 saturated heterocycles. The quantitative estimate of drug-likeness (QED) is 0.342. The SMILES string of the molecule is N=C(N)c1c(-n2cccc2)n(-c2ccc(O)cc2)c2cccc(O)c12. The number of aromatic hydroxyl groups is 2. The van der Waals surface area contributed by atoms with Gasteiger partial charge in [-0.2, -0.15) is 0 Å². The molecule has 0 unspecified atom stereocenters. The summed E-state index contributed by atoms with van der Waals surface area (Å²) in [6.07, 6.45) is 3.71. The van der Waals surface area contributed by atoms with Crippen LogP contribution in [0.25, 0.3) is 22.4 Å². The van der Waals surface area contributed by atoms with Crippen LogP contribution in [0.3, 0.4) is 0 Å². The molecule has 0 spiro atoms. The highest BCUT2D eigenvalue weighted by atomic mass is 16.3. The minimum atomic E-state index is -0.132. The Labute approximate surface area is 143 Å². The van der Waals surface area contributed by atoms with Crippen LogP contribution in [0.4, 0.5) is 0 Å². The Hall–Kier alpha value is -3.67. The van der Waals surface area contributed by atoms with Crippen LogP contribution in [0.15, 0.2) is 67.0 Å². The maximum absolute atomic E-state index is 10.4. The highest BCUT2D eigenvalue weighted by Crippen LogP contribution is 2.37. The summed E-state index contributed by atoms with van der Waals surface area (Å²) >= 11 is 0. The molecule has 0 radical (unpaired) electrons. The van der Waals surface area contributed by atoms with Crippen molar-refractivity contribution in [3.05, 3.63) is 72.6 Å². The van der Waals surface area contributed by atoms with Gasteiger partial charge in [-0.3, -0.25) is 9.98 Å². The van der Waals surface area contributed by atoms with Crippen LogP contribution in [0.1, 0.15) is 5.56 Å². The third kappa shape index (κ3) is 2.23. The normalized spacial score (nSPS) is 11.0. The van der Waals surface area contributed by atoms with Gasteiger partial charge in [-0.25, -0.2) is 0 Å². The lowest BCUT2D eigenvalue weighted by Gasteiger charge is -2.13. The van der Waals surface area contributed by atoms with E-state index in [0.29, 0.717) is 16.8 Å². The summed E-state index contributed by atoms with van der Waals surface area (Å²) in [5.74, 6) is 0.749. The van der Waals surface area contributed by atoms with Gasteiger partial charge in [0.1, 0.15) is 23.2 Å². The molecule has 0 amide bonds. The average molecular weight is 332 g/mol. The molecule has 0 aliphatic carbocycles. The highest BCUT2D eigenvalue weighted by Gasteiger charge is 2.23. The van der Waals surface area contributed by atoms with E-state index in [1.165, 1.54) is 0 Å². The van der Waals surface area contributed by atoms with Crippen molar-refractivity contribution in [3.8, 4) is 23.0 Å². The molecular weight excluding hydrogens is 316 g/mol. The molecule has 0 aliphatic heterocycles. The summed E-state index contributed by atoms with van der Waals surface area (Å²) in [5, 5.41) is 28.6. The zero-order chi connectivity index (χ0) is 17.6. The molecular formula is C19H16N4O2. The van der Waals surface area contributed by atoms with Crippen molar-refractivity contribution in [1.82, 2.24) is 9.13 Å². The summed E-state index contributed by atoms with van der Waals surface area (Å²) in [5.41, 5.74) is 7.84. The van der Waals surface area contributed by atoms with Crippen molar-refractivity contribution in [1.29, 1.82) is 5.41 Å². The molecule has 5 N–H and O–H groups in total. The molecule has 0 bridgehead atoms. The number of nitrogens with one attached hydrogen (secondary N) is 1. The first-order chi connectivity index (χ1) is 12.1. The minimum absolute atomic E-state index is 0.0636. The number of benzene rings is 2. The number of amidine groups is 1. The molecule has 124 valence electrons. The molecule has 0 saturated carbocycles. The molecule has 2 aromatic carbocycles. The summed E-state index contributed by atoms with van der Waals surface area (Å²) in [7, 11) is 0. The zero-order valence-corrected chi connectivity index (χ0v) is 13.2. The number of phenols is 2. The lowest BCUT2D eigenvalue weighted by molar-refractivity contribution is 0.475. The van der Waals surface area contributed by atoms with Gasteiger partial charge in [0.25, 0.3) is 0 Å². The summed E-state index contributed by atoms with van der Waals surface area (Å²) in [4.78, 5) is 0. The fourth-order valence-electron chi connectivity index (χ4n) is 3.15. The Morgan fingerprint density at radius 2 is 1.60 bits per heavy atom. The number of nitrogen functional groups attached to an aromatic ring is 1. The minimum Gasteiger partial charge on any atom is -0.508 e. The average Bonchev–Trinajstić information content (AvgIpc) is 3.21. The Bertz CT molecular complexity index is 1080. The summed E-state index contributed by atoms with van der Waals surface area (Å²) in [6, 6.07) is 15.7. The Kier molecular flexibility index (Phi) is 3.25. The number of hydrogen-bond donors (Lipinski definition) is 4. The van der Waals surface area contributed by atoms with Crippen LogP contribution in [0, 0.1) is 5.41 Å². The van der Waals surface area contributed by atoms with Gasteiger partial charge in [0.2, 0.25) is 0 Å². The van der Waals surface area contributed by atoms with E-state index >= 15 is 0 Å². The van der Waals surface area contributed by atoms with Crippen LogP contribution >= 0.6 is 0 Å². The van der Waals surface area contributed by atoms with Gasteiger partial charge >= 0.3 is 0 Å². The van der Waals surface area contributed by atoms with E-state index in [1.807, 2.05) is 39.7 Å². The first-order valence-corrected chi connectivity index (χ1v) is 7.71. The lowest BCUT2D eigenvalue weighted by Crippen LogP contribution is -2.15. The molecule has 2 aromatic heterocycles. The van der Waals surface area contributed by atoms with Gasteiger partial charge in [0, 0.05) is 18.1 Å². The van der Waals surface area contributed by atoms with Gasteiger partial charge in [-0.15, -0.1) is 0 Å². The molecule has 2 heterocycles. The number of phenolic OH excluding ortho intramolecular Hbond substituents is 2. The molecule has 0 fully saturated rings. The predicted molar refractivity (Wildman–Crippen MR) is 96.9 cm³/mol. The topological polar surface area (TPSA) is 100 Å². The maximum Gasteiger partial charge on any atom is 0.133 e. The van der Waals surface area contributed by atoms with Crippen molar-refractivity contribution < 1.29 is 10.2 Å². The molecule has 0 aliphatic rings. The Morgan fingerprint density at radius 1 is 0.920 bits per heavy atom. The van der Waals surface area contributed by atoms with Gasteiger partial charge < -0.3 is 20.5 Å². The number of nitrogens with zero attached hydrogens (tertiary/aromatic N) is 2. The van der Waals surface area contributed by atoms with Crippen molar-refractivity contribution >= 4 is 16.7 Å². The second-order valence-electron chi connectivity index (χ2n) is 5.73. The second-order valence-corrected chi connectivity index (χ2v) is 5.73. The molecule has 25 heavy (non-hydrogen) atoms. The number of fused-ring (bicyclic) bond motifs is 1. The van der Waals surface area contributed by atoms with Crippen molar-refractivity contribution in [3.63, 3.8) is 0 Å². The monoisotopic (exact) mass is 332 g/mol. The maximum atomic E-state index is 10.4. The van der Waals surface area contributed by atoms with E-state index in [1.54, 1.807) is 36.4 Å². The summed E-state index contributed by atoms with van der Waals surface area (Å²) < 4.78 is 3.76.